The Kier molecular flexibility index (Phi) is 5.89. The molecule has 1 amide bonds. The van der Waals surface area contributed by atoms with E-state index < -0.39 is 0 Å². The predicted molar refractivity (Wildman–Crippen MR) is 101 cm³/mol. The zero-order valence-electron chi connectivity index (χ0n) is 14.4. The number of nitriles is 1. The molecular formula is C21H16N4O2. The normalized spacial score (nSPS) is 10.3. The second kappa shape index (κ2) is 8.92. The number of nitrogens with zero attached hydrogens (tertiary/aromatic N) is 3. The number of carbonyl (C=O) groups is 1. The van der Waals surface area contributed by atoms with Crippen molar-refractivity contribution in [3.05, 3.63) is 95.3 Å². The molecule has 132 valence electrons. The molecule has 2 aromatic carbocycles. The van der Waals surface area contributed by atoms with Gasteiger partial charge in [0.05, 0.1) is 17.8 Å². The molecule has 0 aliphatic rings. The van der Waals surface area contributed by atoms with Gasteiger partial charge >= 0.3 is 0 Å². The van der Waals surface area contributed by atoms with Gasteiger partial charge < -0.3 is 4.74 Å². The van der Waals surface area contributed by atoms with E-state index in [-0.39, 0.29) is 5.91 Å². The highest BCUT2D eigenvalue weighted by atomic mass is 16.5. The lowest BCUT2D eigenvalue weighted by Crippen LogP contribution is -2.17. The van der Waals surface area contributed by atoms with Crippen LogP contribution in [0.4, 0.5) is 0 Å². The van der Waals surface area contributed by atoms with Crippen LogP contribution >= 0.6 is 0 Å². The first-order chi connectivity index (χ1) is 13.3. The summed E-state index contributed by atoms with van der Waals surface area (Å²) in [6.07, 6.45) is 4.63. The Bertz CT molecular complexity index is 977. The molecule has 3 aromatic rings. The Balaban J connectivity index is 1.63. The minimum Gasteiger partial charge on any atom is -0.488 e. The lowest BCUT2D eigenvalue weighted by Gasteiger charge is -2.09. The topological polar surface area (TPSA) is 87.4 Å². The number of rotatable bonds is 6. The standard InChI is InChI=1S/C21H16N4O2/c22-13-16-5-7-17(8-6-16)15-27-20-4-2-1-3-19(20)14-24-25-21(26)18-9-11-23-12-10-18/h1-12,14H,15H2,(H,25,26)/b24-14+. The highest BCUT2D eigenvalue weighted by Gasteiger charge is 2.04. The van der Waals surface area contributed by atoms with Crippen molar-refractivity contribution < 1.29 is 9.53 Å². The van der Waals surface area contributed by atoms with E-state index in [9.17, 15) is 4.79 Å². The van der Waals surface area contributed by atoms with Crippen LogP contribution in [0.25, 0.3) is 0 Å². The van der Waals surface area contributed by atoms with Crippen molar-refractivity contribution in [3.8, 4) is 11.8 Å². The van der Waals surface area contributed by atoms with Crippen LogP contribution < -0.4 is 10.2 Å². The van der Waals surface area contributed by atoms with Crippen LogP contribution in [0.15, 0.2) is 78.2 Å². The van der Waals surface area contributed by atoms with Crippen LogP contribution in [-0.4, -0.2) is 17.1 Å². The third-order valence-electron chi connectivity index (χ3n) is 3.71. The zero-order chi connectivity index (χ0) is 18.9. The molecular weight excluding hydrogens is 340 g/mol. The van der Waals surface area contributed by atoms with Crippen LogP contribution in [0.5, 0.6) is 5.75 Å². The summed E-state index contributed by atoms with van der Waals surface area (Å²) in [7, 11) is 0. The Labute approximate surface area is 156 Å². The van der Waals surface area contributed by atoms with Gasteiger partial charge in [0.15, 0.2) is 0 Å². The SMILES string of the molecule is N#Cc1ccc(COc2ccccc2/C=N/NC(=O)c2ccncc2)cc1. The minimum atomic E-state index is -0.315. The molecule has 0 atom stereocenters. The molecule has 0 spiro atoms. The first kappa shape index (κ1) is 17.8. The van der Waals surface area contributed by atoms with Gasteiger partial charge in [0.1, 0.15) is 12.4 Å². The highest BCUT2D eigenvalue weighted by Crippen LogP contribution is 2.17. The third-order valence-corrected chi connectivity index (χ3v) is 3.71. The number of ether oxygens (including phenoxy) is 1. The molecule has 1 N–H and O–H groups in total. The third kappa shape index (κ3) is 5.00. The van der Waals surface area contributed by atoms with Gasteiger partial charge in [-0.2, -0.15) is 10.4 Å². The maximum atomic E-state index is 12.0. The lowest BCUT2D eigenvalue weighted by molar-refractivity contribution is 0.0955. The Morgan fingerprint density at radius 3 is 2.59 bits per heavy atom. The molecule has 0 radical (unpaired) electrons. The van der Waals surface area contributed by atoms with Gasteiger partial charge in [-0.05, 0) is 42.0 Å². The molecule has 1 aromatic heterocycles. The molecule has 0 fully saturated rings. The Morgan fingerprint density at radius 2 is 1.85 bits per heavy atom. The minimum absolute atomic E-state index is 0.315. The summed E-state index contributed by atoms with van der Waals surface area (Å²) < 4.78 is 5.84. The second-order valence-corrected chi connectivity index (χ2v) is 5.57. The summed E-state index contributed by atoms with van der Waals surface area (Å²) in [6.45, 7) is 0.361. The average Bonchev–Trinajstić information content (AvgIpc) is 2.74. The molecule has 1 heterocycles. The number of para-hydroxylation sites is 1. The molecule has 0 aliphatic carbocycles. The van der Waals surface area contributed by atoms with Gasteiger partial charge in [0.25, 0.3) is 5.91 Å². The van der Waals surface area contributed by atoms with Crippen LogP contribution in [-0.2, 0) is 6.61 Å². The fourth-order valence-corrected chi connectivity index (χ4v) is 2.28. The van der Waals surface area contributed by atoms with Gasteiger partial charge in [0.2, 0.25) is 0 Å². The molecule has 6 heteroatoms. The smallest absolute Gasteiger partial charge is 0.271 e. The average molecular weight is 356 g/mol. The number of hydrogen-bond donors (Lipinski definition) is 1. The molecule has 0 saturated carbocycles. The zero-order valence-corrected chi connectivity index (χ0v) is 14.4. The summed E-state index contributed by atoms with van der Waals surface area (Å²) in [4.78, 5) is 15.8. The van der Waals surface area contributed by atoms with Crippen LogP contribution in [0, 0.1) is 11.3 Å². The van der Waals surface area contributed by atoms with E-state index in [0.29, 0.717) is 23.5 Å². The van der Waals surface area contributed by atoms with Crippen LogP contribution in [0.2, 0.25) is 0 Å². The summed E-state index contributed by atoms with van der Waals surface area (Å²) in [5.74, 6) is 0.327. The number of pyridine rings is 1. The van der Waals surface area contributed by atoms with Gasteiger partial charge in [-0.1, -0.05) is 24.3 Å². The van der Waals surface area contributed by atoms with Crippen molar-refractivity contribution >= 4 is 12.1 Å². The predicted octanol–water partition coefficient (Wildman–Crippen LogP) is 3.30. The Morgan fingerprint density at radius 1 is 1.11 bits per heavy atom. The first-order valence-corrected chi connectivity index (χ1v) is 8.20. The molecule has 6 nitrogen and oxygen atoms in total. The van der Waals surface area contributed by atoms with Gasteiger partial charge in [-0.25, -0.2) is 5.43 Å². The first-order valence-electron chi connectivity index (χ1n) is 8.20. The van der Waals surface area contributed by atoms with E-state index in [1.54, 1.807) is 36.7 Å². The number of amides is 1. The molecule has 0 bridgehead atoms. The van der Waals surface area contributed by atoms with E-state index >= 15 is 0 Å². The Hall–Kier alpha value is -3.98. The largest absolute Gasteiger partial charge is 0.488 e. The number of benzene rings is 2. The fourth-order valence-electron chi connectivity index (χ4n) is 2.28. The number of hydrazone groups is 1. The summed E-state index contributed by atoms with van der Waals surface area (Å²) in [5.41, 5.74) is 5.25. The number of aromatic nitrogens is 1. The van der Waals surface area contributed by atoms with Crippen LogP contribution in [0.1, 0.15) is 27.0 Å². The summed E-state index contributed by atoms with van der Waals surface area (Å²) >= 11 is 0. The van der Waals surface area contributed by atoms with E-state index in [2.05, 4.69) is 21.6 Å². The van der Waals surface area contributed by atoms with Gasteiger partial charge in [-0.15, -0.1) is 0 Å². The van der Waals surface area contributed by atoms with Crippen LogP contribution in [0.3, 0.4) is 0 Å². The molecule has 0 unspecified atom stereocenters. The summed E-state index contributed by atoms with van der Waals surface area (Å²) in [5, 5.41) is 12.8. The van der Waals surface area contributed by atoms with E-state index in [1.165, 1.54) is 6.21 Å². The second-order valence-electron chi connectivity index (χ2n) is 5.57. The van der Waals surface area contributed by atoms with E-state index in [4.69, 9.17) is 10.00 Å². The number of hydrogen-bond acceptors (Lipinski definition) is 5. The van der Waals surface area contributed by atoms with E-state index in [0.717, 1.165) is 11.1 Å². The van der Waals surface area contributed by atoms with Crippen molar-refractivity contribution in [1.29, 1.82) is 5.26 Å². The van der Waals surface area contributed by atoms with E-state index in [1.807, 2.05) is 36.4 Å². The van der Waals surface area contributed by atoms with Gasteiger partial charge in [-0.3, -0.25) is 9.78 Å². The van der Waals surface area contributed by atoms with Crippen molar-refractivity contribution in [2.75, 3.05) is 0 Å². The van der Waals surface area contributed by atoms with Crippen molar-refractivity contribution in [2.45, 2.75) is 6.61 Å². The van der Waals surface area contributed by atoms with Crippen molar-refractivity contribution in [2.24, 2.45) is 5.10 Å². The molecule has 0 aliphatic heterocycles. The lowest BCUT2D eigenvalue weighted by atomic mass is 10.1. The number of carbonyl (C=O) groups excluding carboxylic acids is 1. The van der Waals surface area contributed by atoms with Crippen molar-refractivity contribution in [3.63, 3.8) is 0 Å². The van der Waals surface area contributed by atoms with Gasteiger partial charge in [0, 0.05) is 23.5 Å². The molecule has 3 rings (SSSR count). The monoisotopic (exact) mass is 356 g/mol. The fraction of sp³-hybridized carbons (Fsp3) is 0.0476. The van der Waals surface area contributed by atoms with Crippen molar-refractivity contribution in [1.82, 2.24) is 10.4 Å². The quantitative estimate of drug-likeness (QED) is 0.542. The molecule has 27 heavy (non-hydrogen) atoms. The number of nitrogens with one attached hydrogen (secondary N) is 1. The maximum absolute atomic E-state index is 12.0. The maximum Gasteiger partial charge on any atom is 0.271 e. The highest BCUT2D eigenvalue weighted by molar-refractivity contribution is 5.94. The molecule has 0 saturated heterocycles. The summed E-state index contributed by atoms with van der Waals surface area (Å²) in [6, 6.07) is 19.9.